The van der Waals surface area contributed by atoms with Crippen molar-refractivity contribution in [1.82, 2.24) is 24.7 Å². The molecule has 3 heterocycles. The maximum atomic E-state index is 14.0. The Bertz CT molecular complexity index is 1030. The summed E-state index contributed by atoms with van der Waals surface area (Å²) >= 11 is 0. The second-order valence-electron chi connectivity index (χ2n) is 10.0. The van der Waals surface area contributed by atoms with Gasteiger partial charge >= 0.3 is 12.3 Å². The molecule has 2 aliphatic heterocycles. The fraction of sp³-hybridized carbons (Fsp3) is 0.682. The Hall–Kier alpha value is -3.06. The van der Waals surface area contributed by atoms with Crippen LogP contribution in [0.1, 0.15) is 57.0 Å². The topological polar surface area (TPSA) is 107 Å². The second kappa shape index (κ2) is 9.77. The summed E-state index contributed by atoms with van der Waals surface area (Å²) in [5, 5.41) is 9.86. The summed E-state index contributed by atoms with van der Waals surface area (Å²) in [5.41, 5.74) is -2.17. The molecule has 1 N–H and O–H groups in total. The van der Waals surface area contributed by atoms with Gasteiger partial charge in [0.05, 0.1) is 24.8 Å². The number of carbonyl (C=O) groups is 3. The smallest absolute Gasteiger partial charge is 0.433 e. The van der Waals surface area contributed by atoms with E-state index in [0.717, 1.165) is 16.1 Å². The fourth-order valence-corrected chi connectivity index (χ4v) is 4.69. The van der Waals surface area contributed by atoms with Crippen molar-refractivity contribution in [2.45, 2.75) is 76.7 Å². The number of piperidine rings is 1. The number of fused-ring (bicyclic) bond motifs is 1. The van der Waals surface area contributed by atoms with Crippen LogP contribution in [0.3, 0.4) is 0 Å². The number of aromatic nitrogens is 2. The predicted molar refractivity (Wildman–Crippen MR) is 115 cm³/mol. The van der Waals surface area contributed by atoms with Gasteiger partial charge in [0.15, 0.2) is 5.69 Å². The van der Waals surface area contributed by atoms with Gasteiger partial charge in [0, 0.05) is 43.5 Å². The van der Waals surface area contributed by atoms with E-state index in [2.05, 4.69) is 9.97 Å². The van der Waals surface area contributed by atoms with Crippen molar-refractivity contribution >= 4 is 17.9 Å². The van der Waals surface area contributed by atoms with Crippen LogP contribution >= 0.6 is 0 Å². The van der Waals surface area contributed by atoms with Gasteiger partial charge in [-0.25, -0.2) is 23.5 Å². The number of likely N-dealkylation sites (tertiary alicyclic amines) is 1. The highest BCUT2D eigenvalue weighted by atomic mass is 19.4. The van der Waals surface area contributed by atoms with E-state index in [4.69, 9.17) is 0 Å². The first kappa shape index (κ1) is 27.5. The van der Waals surface area contributed by atoms with Gasteiger partial charge in [-0.1, -0.05) is 0 Å². The average Bonchev–Trinajstić information content (AvgIpc) is 2.73. The van der Waals surface area contributed by atoms with Crippen LogP contribution in [-0.2, 0) is 28.7 Å². The number of hydrogen-bond donors (Lipinski definition) is 1. The maximum Gasteiger partial charge on any atom is 0.433 e. The van der Waals surface area contributed by atoms with E-state index in [1.165, 1.54) is 4.90 Å². The Morgan fingerprint density at radius 2 is 1.86 bits per heavy atom. The summed E-state index contributed by atoms with van der Waals surface area (Å²) in [7, 11) is 0. The first-order valence-corrected chi connectivity index (χ1v) is 11.3. The zero-order valence-electron chi connectivity index (χ0n) is 20.1. The molecule has 0 bridgehead atoms. The average molecular weight is 521 g/mol. The molecule has 0 radical (unpaired) electrons. The molecular formula is C22H28F5N5O4. The molecule has 14 heteroatoms. The highest BCUT2D eigenvalue weighted by molar-refractivity contribution is 5.79. The van der Waals surface area contributed by atoms with Gasteiger partial charge in [-0.05, 0) is 27.2 Å². The van der Waals surface area contributed by atoms with Gasteiger partial charge in [0.1, 0.15) is 6.33 Å². The van der Waals surface area contributed by atoms with Crippen molar-refractivity contribution in [2.75, 3.05) is 19.6 Å². The third-order valence-corrected chi connectivity index (χ3v) is 6.24. The van der Waals surface area contributed by atoms with E-state index in [-0.39, 0.29) is 30.8 Å². The van der Waals surface area contributed by atoms with Crippen molar-refractivity contribution in [3.8, 4) is 0 Å². The fourth-order valence-electron chi connectivity index (χ4n) is 4.69. The molecule has 0 aromatic carbocycles. The molecule has 1 aromatic heterocycles. The normalized spacial score (nSPS) is 19.1. The molecule has 0 saturated carbocycles. The van der Waals surface area contributed by atoms with E-state index in [9.17, 15) is 41.4 Å². The summed E-state index contributed by atoms with van der Waals surface area (Å²) in [6.07, 6.45) is -6.92. The van der Waals surface area contributed by atoms with Gasteiger partial charge in [-0.2, -0.15) is 13.2 Å². The van der Waals surface area contributed by atoms with Gasteiger partial charge in [-0.3, -0.25) is 14.5 Å². The number of carbonyl (C=O) groups excluding carboxylic acids is 2. The minimum absolute atomic E-state index is 0.0326. The summed E-state index contributed by atoms with van der Waals surface area (Å²) in [6.45, 7) is 3.07. The molecule has 9 nitrogen and oxygen atoms in total. The lowest BCUT2D eigenvalue weighted by Gasteiger charge is -2.43. The van der Waals surface area contributed by atoms with E-state index in [1.54, 1.807) is 20.8 Å². The molecule has 1 atom stereocenters. The van der Waals surface area contributed by atoms with Gasteiger partial charge < -0.3 is 14.9 Å². The monoisotopic (exact) mass is 521 g/mol. The minimum Gasteiger partial charge on any atom is -0.465 e. The van der Waals surface area contributed by atoms with Crippen molar-refractivity contribution < 1.29 is 41.4 Å². The van der Waals surface area contributed by atoms with Crippen molar-refractivity contribution in [3.63, 3.8) is 0 Å². The number of alkyl halides is 5. The van der Waals surface area contributed by atoms with Crippen molar-refractivity contribution in [1.29, 1.82) is 0 Å². The number of amides is 3. The molecule has 0 aliphatic carbocycles. The minimum atomic E-state index is -4.68. The number of halogens is 5. The van der Waals surface area contributed by atoms with E-state index in [1.807, 2.05) is 0 Å². The van der Waals surface area contributed by atoms with Crippen LogP contribution in [0.5, 0.6) is 0 Å². The van der Waals surface area contributed by atoms with Gasteiger partial charge in [0.25, 0.3) is 5.92 Å². The lowest BCUT2D eigenvalue weighted by atomic mass is 9.98. The van der Waals surface area contributed by atoms with Crippen LogP contribution in [0.2, 0.25) is 0 Å². The summed E-state index contributed by atoms with van der Waals surface area (Å²) in [4.78, 5) is 47.9. The molecule has 3 amide bonds. The summed E-state index contributed by atoms with van der Waals surface area (Å²) < 4.78 is 67.8. The Balaban J connectivity index is 1.84. The Kier molecular flexibility index (Phi) is 7.47. The van der Waals surface area contributed by atoms with Crippen LogP contribution in [0.15, 0.2) is 6.33 Å². The van der Waals surface area contributed by atoms with Gasteiger partial charge in [-0.15, -0.1) is 0 Å². The Morgan fingerprint density at radius 1 is 1.19 bits per heavy atom. The Labute approximate surface area is 204 Å². The quantitative estimate of drug-likeness (QED) is 0.597. The Morgan fingerprint density at radius 3 is 2.44 bits per heavy atom. The van der Waals surface area contributed by atoms with Crippen molar-refractivity contribution in [3.05, 3.63) is 23.3 Å². The molecule has 36 heavy (non-hydrogen) atoms. The molecule has 1 fully saturated rings. The third kappa shape index (κ3) is 6.19. The first-order chi connectivity index (χ1) is 16.5. The second-order valence-corrected chi connectivity index (χ2v) is 10.0. The van der Waals surface area contributed by atoms with Crippen molar-refractivity contribution in [2.24, 2.45) is 0 Å². The highest BCUT2D eigenvalue weighted by Gasteiger charge is 2.43. The number of carboxylic acid groups (broad SMARTS) is 1. The molecule has 1 aromatic rings. The summed E-state index contributed by atoms with van der Waals surface area (Å²) in [6, 6.07) is -1.16. The standard InChI is InChI=1S/C22H28F5N5O4/c1-20(2,3)32(19(35)36)13(9-31-11-21(23,24)6-4-16(31)33)8-17(34)30-7-5-14-15(10-30)28-12-29-18(14)22(25,26)27/h12-13H,4-11H2,1-3H3,(H,35,36)/t13-/m0/s1. The zero-order chi connectivity index (χ0) is 27.1. The van der Waals surface area contributed by atoms with Crippen LogP contribution in [0.4, 0.5) is 26.7 Å². The van der Waals surface area contributed by atoms with Crippen LogP contribution < -0.4 is 0 Å². The molecule has 1 saturated heterocycles. The molecule has 3 rings (SSSR count). The SMILES string of the molecule is CC(C)(C)N(C(=O)O)[C@@H](CC(=O)N1CCc2c(ncnc2C(F)(F)F)C1)CN1CC(F)(F)CCC1=O. The number of rotatable bonds is 5. The molecule has 200 valence electrons. The van der Waals surface area contributed by atoms with E-state index >= 15 is 0 Å². The number of nitrogens with zero attached hydrogens (tertiary/aromatic N) is 5. The largest absolute Gasteiger partial charge is 0.465 e. The maximum absolute atomic E-state index is 14.0. The number of hydrogen-bond acceptors (Lipinski definition) is 5. The van der Waals surface area contributed by atoms with Crippen LogP contribution in [-0.4, -0.2) is 84.8 Å². The lowest BCUT2D eigenvalue weighted by molar-refractivity contribution is -0.149. The lowest BCUT2D eigenvalue weighted by Crippen LogP contribution is -2.58. The molecule has 2 aliphatic rings. The molecule has 0 spiro atoms. The molecular weight excluding hydrogens is 493 g/mol. The van der Waals surface area contributed by atoms with Crippen LogP contribution in [0, 0.1) is 0 Å². The first-order valence-electron chi connectivity index (χ1n) is 11.3. The van der Waals surface area contributed by atoms with Gasteiger partial charge in [0.2, 0.25) is 11.8 Å². The van der Waals surface area contributed by atoms with Crippen LogP contribution in [0.25, 0.3) is 0 Å². The predicted octanol–water partition coefficient (Wildman–Crippen LogP) is 3.18. The molecule has 0 unspecified atom stereocenters. The highest BCUT2D eigenvalue weighted by Crippen LogP contribution is 2.34. The summed E-state index contributed by atoms with van der Waals surface area (Å²) in [5.74, 6) is -4.30. The third-order valence-electron chi connectivity index (χ3n) is 6.24. The van der Waals surface area contributed by atoms with E-state index in [0.29, 0.717) is 0 Å². The van der Waals surface area contributed by atoms with E-state index < -0.39 is 79.6 Å². The zero-order valence-corrected chi connectivity index (χ0v) is 20.1.